The lowest BCUT2D eigenvalue weighted by atomic mass is 10.1. The van der Waals surface area contributed by atoms with E-state index in [9.17, 15) is 13.0 Å². The molecule has 1 aromatic rings. The first-order valence-corrected chi connectivity index (χ1v) is 5.54. The molecule has 0 N–H and O–H groups in total. The Kier molecular flexibility index (Phi) is 1.89. The number of hydrogen-bond donors (Lipinski definition) is 0. The summed E-state index contributed by atoms with van der Waals surface area (Å²) in [5, 5.41) is 0. The van der Waals surface area contributed by atoms with Crippen LogP contribution in [0, 0.1) is 0 Å². The number of hydrogen-bond acceptors (Lipinski definition) is 2. The zero-order valence-electron chi connectivity index (χ0n) is 6.93. The molecule has 1 aliphatic rings. The van der Waals surface area contributed by atoms with Crippen molar-refractivity contribution in [3.05, 3.63) is 29.8 Å². The molecule has 13 heavy (non-hydrogen) atoms. The van der Waals surface area contributed by atoms with Crippen LogP contribution >= 0.6 is 0 Å². The van der Waals surface area contributed by atoms with Crippen LogP contribution in [-0.2, 0) is 14.7 Å². The fourth-order valence-electron chi connectivity index (χ4n) is 1.44. The summed E-state index contributed by atoms with van der Waals surface area (Å²) in [6.07, 6.45) is 1.99. The van der Waals surface area contributed by atoms with E-state index in [0.29, 0.717) is 11.5 Å². The van der Waals surface area contributed by atoms with Gasteiger partial charge < -0.3 is 0 Å². The van der Waals surface area contributed by atoms with Gasteiger partial charge in [-0.15, -0.1) is 0 Å². The lowest BCUT2D eigenvalue weighted by molar-refractivity contribution is 0.413. The van der Waals surface area contributed by atoms with Crippen LogP contribution in [0.4, 0.5) is 0 Å². The average Bonchev–Trinajstić information content (AvgIpc) is 2.85. The summed E-state index contributed by atoms with van der Waals surface area (Å²) in [6.45, 7) is 0. The van der Waals surface area contributed by atoms with Crippen molar-refractivity contribution in [2.45, 2.75) is 23.7 Å². The third-order valence-corrected chi connectivity index (χ3v) is 3.12. The molecule has 0 unspecified atom stereocenters. The van der Waals surface area contributed by atoms with Crippen LogP contribution in [0.2, 0.25) is 0 Å². The average molecular weight is 197 g/mol. The highest BCUT2D eigenvalue weighted by molar-refractivity contribution is 7.85. The molecule has 1 fully saturated rings. The molecular weight excluding hydrogens is 188 g/mol. The summed E-state index contributed by atoms with van der Waals surface area (Å²) in [5.74, 6) is 0.292. The maximum atomic E-state index is 10.8. The normalized spacial score (nSPS) is 17.3. The largest absolute Gasteiger partial charge is 0.324 e. The van der Waals surface area contributed by atoms with Gasteiger partial charge in [-0.2, -0.15) is 8.42 Å². The van der Waals surface area contributed by atoms with Gasteiger partial charge in [0.25, 0.3) is 0 Å². The van der Waals surface area contributed by atoms with E-state index in [4.69, 9.17) is 0 Å². The van der Waals surface area contributed by atoms with Gasteiger partial charge >= 0.3 is 10.1 Å². The Morgan fingerprint density at radius 2 is 1.77 bits per heavy atom. The Labute approximate surface area is 77.1 Å². The topological polar surface area (TPSA) is 54.0 Å². The SMILES string of the molecule is [O]S(=O)(=O)c1ccccc1C1CC1. The van der Waals surface area contributed by atoms with Gasteiger partial charge in [-0.1, -0.05) is 22.8 Å². The second-order valence-electron chi connectivity index (χ2n) is 3.27. The van der Waals surface area contributed by atoms with Crippen LogP contribution in [0.1, 0.15) is 24.3 Å². The molecule has 1 aromatic carbocycles. The minimum absolute atomic E-state index is 0.0440. The van der Waals surface area contributed by atoms with Gasteiger partial charge in [0.05, 0.1) is 4.90 Å². The first-order chi connectivity index (χ1) is 6.09. The van der Waals surface area contributed by atoms with Crippen LogP contribution in [0.3, 0.4) is 0 Å². The van der Waals surface area contributed by atoms with Gasteiger partial charge in [0.15, 0.2) is 0 Å². The molecule has 1 saturated carbocycles. The third kappa shape index (κ3) is 1.73. The maximum Gasteiger partial charge on any atom is 0.324 e. The molecule has 69 valence electrons. The summed E-state index contributed by atoms with van der Waals surface area (Å²) in [5.41, 5.74) is 0.692. The lowest BCUT2D eigenvalue weighted by Gasteiger charge is -2.02. The first-order valence-electron chi connectivity index (χ1n) is 4.14. The highest BCUT2D eigenvalue weighted by Crippen LogP contribution is 2.42. The molecular formula is C9H9O3S. The van der Waals surface area contributed by atoms with Crippen LogP contribution < -0.4 is 0 Å². The fraction of sp³-hybridized carbons (Fsp3) is 0.333. The lowest BCUT2D eigenvalue weighted by Crippen LogP contribution is -2.00. The standard InChI is InChI=1S/C9H9O3S/c10-13(11,12)9-4-2-1-3-8(9)7-5-6-7/h1-4,7H,5-6H2. The molecule has 0 atom stereocenters. The predicted octanol–water partition coefficient (Wildman–Crippen LogP) is 1.68. The monoisotopic (exact) mass is 197 g/mol. The molecule has 3 nitrogen and oxygen atoms in total. The van der Waals surface area contributed by atoms with E-state index in [-0.39, 0.29) is 4.90 Å². The molecule has 1 radical (unpaired) electrons. The minimum Gasteiger partial charge on any atom is -0.192 e. The number of benzene rings is 1. The van der Waals surface area contributed by atoms with E-state index in [1.807, 2.05) is 0 Å². The quantitative estimate of drug-likeness (QED) is 0.724. The van der Waals surface area contributed by atoms with Crippen LogP contribution in [0.5, 0.6) is 0 Å². The van der Waals surface area contributed by atoms with Crippen molar-refractivity contribution in [3.63, 3.8) is 0 Å². The Bertz CT molecular complexity index is 418. The summed E-state index contributed by atoms with van der Waals surface area (Å²) < 4.78 is 32.5. The highest BCUT2D eigenvalue weighted by Gasteiger charge is 2.29. The van der Waals surface area contributed by atoms with Crippen molar-refractivity contribution in [2.24, 2.45) is 0 Å². The van der Waals surface area contributed by atoms with Crippen molar-refractivity contribution >= 4 is 10.1 Å². The van der Waals surface area contributed by atoms with Crippen molar-refractivity contribution in [1.29, 1.82) is 0 Å². The second-order valence-corrected chi connectivity index (χ2v) is 4.61. The fourth-order valence-corrected chi connectivity index (χ4v) is 2.21. The van der Waals surface area contributed by atoms with Gasteiger partial charge in [-0.3, -0.25) is 0 Å². The third-order valence-electron chi connectivity index (χ3n) is 2.21. The second kappa shape index (κ2) is 2.82. The highest BCUT2D eigenvalue weighted by atomic mass is 32.2. The molecule has 0 amide bonds. The molecule has 0 spiro atoms. The van der Waals surface area contributed by atoms with Crippen molar-refractivity contribution in [2.75, 3.05) is 0 Å². The van der Waals surface area contributed by atoms with Crippen molar-refractivity contribution in [1.82, 2.24) is 0 Å². The minimum atomic E-state index is -4.29. The molecule has 0 bridgehead atoms. The van der Waals surface area contributed by atoms with E-state index in [2.05, 4.69) is 0 Å². The molecule has 0 heterocycles. The molecule has 1 aliphatic carbocycles. The van der Waals surface area contributed by atoms with E-state index in [1.165, 1.54) is 6.07 Å². The van der Waals surface area contributed by atoms with E-state index in [1.54, 1.807) is 18.2 Å². The van der Waals surface area contributed by atoms with Crippen LogP contribution in [0.15, 0.2) is 29.2 Å². The van der Waals surface area contributed by atoms with Gasteiger partial charge in [-0.25, -0.2) is 0 Å². The molecule has 2 rings (SSSR count). The molecule has 0 aromatic heterocycles. The summed E-state index contributed by atoms with van der Waals surface area (Å²) in [7, 11) is -4.29. The van der Waals surface area contributed by atoms with Gasteiger partial charge in [0.1, 0.15) is 0 Å². The van der Waals surface area contributed by atoms with Crippen LogP contribution in [0.25, 0.3) is 0 Å². The van der Waals surface area contributed by atoms with E-state index >= 15 is 0 Å². The van der Waals surface area contributed by atoms with Crippen molar-refractivity contribution in [3.8, 4) is 0 Å². The zero-order chi connectivity index (χ0) is 9.47. The zero-order valence-corrected chi connectivity index (χ0v) is 7.75. The molecule has 0 saturated heterocycles. The smallest absolute Gasteiger partial charge is 0.192 e. The van der Waals surface area contributed by atoms with Crippen molar-refractivity contribution < 1.29 is 13.0 Å². The number of rotatable bonds is 2. The molecule has 0 aliphatic heterocycles. The van der Waals surface area contributed by atoms with E-state index in [0.717, 1.165) is 12.8 Å². The summed E-state index contributed by atoms with van der Waals surface area (Å²) >= 11 is 0. The predicted molar refractivity (Wildman–Crippen MR) is 46.3 cm³/mol. The Balaban J connectivity index is 2.55. The van der Waals surface area contributed by atoms with Crippen LogP contribution in [-0.4, -0.2) is 8.42 Å². The summed E-state index contributed by atoms with van der Waals surface area (Å²) in [6, 6.07) is 6.46. The Morgan fingerprint density at radius 1 is 1.15 bits per heavy atom. The van der Waals surface area contributed by atoms with Gasteiger partial charge in [-0.05, 0) is 30.4 Å². The van der Waals surface area contributed by atoms with E-state index < -0.39 is 10.1 Å². The van der Waals surface area contributed by atoms with Gasteiger partial charge in [0.2, 0.25) is 0 Å². The Hall–Kier alpha value is -0.870. The van der Waals surface area contributed by atoms with Gasteiger partial charge in [0, 0.05) is 0 Å². The first kappa shape index (κ1) is 8.72. The summed E-state index contributed by atoms with van der Waals surface area (Å²) in [4.78, 5) is -0.0440. The molecule has 4 heteroatoms. The maximum absolute atomic E-state index is 10.8. The Morgan fingerprint density at radius 3 is 2.31 bits per heavy atom.